The van der Waals surface area contributed by atoms with E-state index in [4.69, 9.17) is 0 Å². The zero-order valence-corrected chi connectivity index (χ0v) is 12.0. The molecule has 0 saturated heterocycles. The van der Waals surface area contributed by atoms with E-state index in [1.807, 2.05) is 36.1 Å². The maximum atomic E-state index is 12.5. The van der Waals surface area contributed by atoms with Gasteiger partial charge in [-0.15, -0.1) is 0 Å². The van der Waals surface area contributed by atoms with E-state index in [9.17, 15) is 4.79 Å². The Morgan fingerprint density at radius 2 is 1.85 bits per heavy atom. The van der Waals surface area contributed by atoms with Gasteiger partial charge in [0.2, 0.25) is 5.91 Å². The fraction of sp³-hybridized carbons (Fsp3) is 0.278. The van der Waals surface area contributed by atoms with Gasteiger partial charge < -0.3 is 4.90 Å². The summed E-state index contributed by atoms with van der Waals surface area (Å²) >= 11 is 0. The Labute approximate surface area is 120 Å². The zero-order valence-electron chi connectivity index (χ0n) is 12.0. The van der Waals surface area contributed by atoms with Crippen LogP contribution in [0, 0.1) is 12.8 Å². The fourth-order valence-corrected chi connectivity index (χ4v) is 2.91. The molecule has 2 nitrogen and oxygen atoms in total. The van der Waals surface area contributed by atoms with Gasteiger partial charge in [-0.3, -0.25) is 4.79 Å². The molecule has 0 spiro atoms. The molecule has 1 aliphatic heterocycles. The molecule has 2 heteroatoms. The van der Waals surface area contributed by atoms with Crippen molar-refractivity contribution in [1.29, 1.82) is 0 Å². The summed E-state index contributed by atoms with van der Waals surface area (Å²) in [5, 5.41) is 0. The van der Waals surface area contributed by atoms with Gasteiger partial charge in [0, 0.05) is 11.6 Å². The predicted molar refractivity (Wildman–Crippen MR) is 81.7 cm³/mol. The van der Waals surface area contributed by atoms with E-state index in [2.05, 4.69) is 31.2 Å². The maximum absolute atomic E-state index is 12.5. The molecule has 0 fully saturated rings. The molecule has 1 unspecified atom stereocenters. The van der Waals surface area contributed by atoms with Gasteiger partial charge in [-0.2, -0.15) is 0 Å². The van der Waals surface area contributed by atoms with Crippen molar-refractivity contribution in [3.8, 4) is 0 Å². The summed E-state index contributed by atoms with van der Waals surface area (Å²) in [6, 6.07) is 16.4. The smallest absolute Gasteiger partial charge is 0.230 e. The molecule has 0 bridgehead atoms. The van der Waals surface area contributed by atoms with Crippen LogP contribution in [0.1, 0.15) is 23.6 Å². The topological polar surface area (TPSA) is 20.3 Å². The van der Waals surface area contributed by atoms with Crippen molar-refractivity contribution < 1.29 is 4.79 Å². The van der Waals surface area contributed by atoms with Crippen molar-refractivity contribution >= 4 is 11.6 Å². The van der Waals surface area contributed by atoms with E-state index in [1.165, 1.54) is 16.7 Å². The highest BCUT2D eigenvalue weighted by molar-refractivity contribution is 5.98. The minimum Gasteiger partial charge on any atom is -0.307 e. The van der Waals surface area contributed by atoms with Crippen molar-refractivity contribution in [2.24, 2.45) is 5.92 Å². The second-order valence-electron chi connectivity index (χ2n) is 5.59. The van der Waals surface area contributed by atoms with Crippen LogP contribution in [-0.4, -0.2) is 5.91 Å². The minimum atomic E-state index is 0.0623. The van der Waals surface area contributed by atoms with Crippen LogP contribution in [-0.2, 0) is 17.8 Å². The third-order valence-electron chi connectivity index (χ3n) is 4.06. The van der Waals surface area contributed by atoms with Gasteiger partial charge in [0.1, 0.15) is 0 Å². The highest BCUT2D eigenvalue weighted by Gasteiger charge is 2.30. The molecule has 0 radical (unpaired) electrons. The molecular formula is C18H19NO. The van der Waals surface area contributed by atoms with Crippen LogP contribution in [0.2, 0.25) is 0 Å². The number of benzene rings is 2. The quantitative estimate of drug-likeness (QED) is 0.810. The summed E-state index contributed by atoms with van der Waals surface area (Å²) in [5.41, 5.74) is 4.84. The molecular weight excluding hydrogens is 246 g/mol. The molecule has 2 aromatic rings. The Hall–Kier alpha value is -2.09. The van der Waals surface area contributed by atoms with Gasteiger partial charge in [-0.25, -0.2) is 0 Å². The second kappa shape index (κ2) is 5.12. The van der Waals surface area contributed by atoms with Crippen LogP contribution < -0.4 is 4.90 Å². The van der Waals surface area contributed by atoms with Gasteiger partial charge in [0.15, 0.2) is 0 Å². The number of fused-ring (bicyclic) bond motifs is 1. The maximum Gasteiger partial charge on any atom is 0.230 e. The molecule has 102 valence electrons. The Kier molecular flexibility index (Phi) is 3.31. The van der Waals surface area contributed by atoms with Crippen LogP contribution in [0.15, 0.2) is 48.5 Å². The van der Waals surface area contributed by atoms with E-state index in [0.29, 0.717) is 6.54 Å². The number of aryl methyl sites for hydroxylation is 1. The number of carbonyl (C=O) groups is 1. The average Bonchev–Trinajstić information content (AvgIpc) is 2.46. The first-order valence-electron chi connectivity index (χ1n) is 7.10. The number of nitrogens with zero attached hydrogens (tertiary/aromatic N) is 1. The summed E-state index contributed by atoms with van der Waals surface area (Å²) in [7, 11) is 0. The van der Waals surface area contributed by atoms with Gasteiger partial charge in [0.25, 0.3) is 0 Å². The lowest BCUT2D eigenvalue weighted by atomic mass is 9.90. The normalized spacial score (nSPS) is 18.0. The summed E-state index contributed by atoms with van der Waals surface area (Å²) < 4.78 is 0. The van der Waals surface area contributed by atoms with Gasteiger partial charge in [0.05, 0.1) is 6.54 Å². The predicted octanol–water partition coefficient (Wildman–Crippen LogP) is 3.72. The number of rotatable bonds is 2. The van der Waals surface area contributed by atoms with E-state index in [0.717, 1.165) is 12.1 Å². The van der Waals surface area contributed by atoms with Crippen LogP contribution >= 0.6 is 0 Å². The largest absolute Gasteiger partial charge is 0.307 e. The highest BCUT2D eigenvalue weighted by Crippen LogP contribution is 2.33. The number of carbonyl (C=O) groups excluding carboxylic acids is 1. The van der Waals surface area contributed by atoms with E-state index in [1.54, 1.807) is 0 Å². The molecule has 3 rings (SSSR count). The fourth-order valence-electron chi connectivity index (χ4n) is 2.91. The lowest BCUT2D eigenvalue weighted by molar-refractivity contribution is -0.122. The van der Waals surface area contributed by atoms with Gasteiger partial charge >= 0.3 is 0 Å². The monoisotopic (exact) mass is 265 g/mol. The zero-order chi connectivity index (χ0) is 14.1. The SMILES string of the molecule is Cc1cccc2c1CC(C)C(=O)N2Cc1ccccc1. The standard InChI is InChI=1S/C18H19NO/c1-13-7-6-10-17-16(13)11-14(2)18(20)19(17)12-15-8-4-3-5-9-15/h3-10,14H,11-12H2,1-2H3. The molecule has 0 N–H and O–H groups in total. The molecule has 20 heavy (non-hydrogen) atoms. The molecule has 1 atom stereocenters. The van der Waals surface area contributed by atoms with Crippen LogP contribution in [0.3, 0.4) is 0 Å². The summed E-state index contributed by atoms with van der Waals surface area (Å²) in [4.78, 5) is 14.5. The summed E-state index contributed by atoms with van der Waals surface area (Å²) in [6.07, 6.45) is 0.853. The first-order valence-corrected chi connectivity index (χ1v) is 7.10. The van der Waals surface area contributed by atoms with E-state index in [-0.39, 0.29) is 11.8 Å². The van der Waals surface area contributed by atoms with Crippen molar-refractivity contribution in [3.63, 3.8) is 0 Å². The van der Waals surface area contributed by atoms with Crippen molar-refractivity contribution in [2.45, 2.75) is 26.8 Å². The number of hydrogen-bond donors (Lipinski definition) is 0. The summed E-state index contributed by atoms with van der Waals surface area (Å²) in [5.74, 6) is 0.291. The van der Waals surface area contributed by atoms with Crippen molar-refractivity contribution in [1.82, 2.24) is 0 Å². The Balaban J connectivity index is 2.01. The number of anilines is 1. The molecule has 2 aromatic carbocycles. The molecule has 0 aromatic heterocycles. The molecule has 1 heterocycles. The molecule has 1 aliphatic rings. The Morgan fingerprint density at radius 1 is 1.10 bits per heavy atom. The minimum absolute atomic E-state index is 0.0623. The van der Waals surface area contributed by atoms with Crippen molar-refractivity contribution in [3.05, 3.63) is 65.2 Å². The molecule has 1 amide bonds. The second-order valence-corrected chi connectivity index (χ2v) is 5.59. The van der Waals surface area contributed by atoms with E-state index >= 15 is 0 Å². The lowest BCUT2D eigenvalue weighted by Crippen LogP contribution is -2.40. The third kappa shape index (κ3) is 2.22. The average molecular weight is 265 g/mol. The van der Waals surface area contributed by atoms with Gasteiger partial charge in [-0.1, -0.05) is 49.4 Å². The van der Waals surface area contributed by atoms with Crippen LogP contribution in [0.5, 0.6) is 0 Å². The number of hydrogen-bond acceptors (Lipinski definition) is 1. The number of amides is 1. The lowest BCUT2D eigenvalue weighted by Gasteiger charge is -2.34. The molecule has 0 aliphatic carbocycles. The third-order valence-corrected chi connectivity index (χ3v) is 4.06. The van der Waals surface area contributed by atoms with Crippen molar-refractivity contribution in [2.75, 3.05) is 4.90 Å². The first-order chi connectivity index (χ1) is 9.66. The Bertz CT molecular complexity index is 633. The molecule has 0 saturated carbocycles. The first kappa shape index (κ1) is 12.9. The highest BCUT2D eigenvalue weighted by atomic mass is 16.2. The Morgan fingerprint density at radius 3 is 2.60 bits per heavy atom. The van der Waals surface area contributed by atoms with Crippen LogP contribution in [0.25, 0.3) is 0 Å². The van der Waals surface area contributed by atoms with Crippen LogP contribution in [0.4, 0.5) is 5.69 Å². The van der Waals surface area contributed by atoms with E-state index < -0.39 is 0 Å². The summed E-state index contributed by atoms with van der Waals surface area (Å²) in [6.45, 7) is 4.80. The van der Waals surface area contributed by atoms with Gasteiger partial charge in [-0.05, 0) is 36.1 Å².